The molecular weight excluding hydrogens is 138 g/mol. The van der Waals surface area contributed by atoms with E-state index in [1.165, 1.54) is 12.8 Å². The molecule has 0 aromatic heterocycles. The molecule has 1 aliphatic carbocycles. The van der Waals surface area contributed by atoms with Crippen molar-refractivity contribution in [2.24, 2.45) is 0 Å². The lowest BCUT2D eigenvalue weighted by Crippen LogP contribution is -2.23. The fourth-order valence-electron chi connectivity index (χ4n) is 1.60. The van der Waals surface area contributed by atoms with Crippen LogP contribution in [0.25, 0.3) is 4.85 Å². The lowest BCUT2D eigenvalue weighted by Gasteiger charge is -2.15. The van der Waals surface area contributed by atoms with Crippen LogP contribution in [0, 0.1) is 6.57 Å². The van der Waals surface area contributed by atoms with Gasteiger partial charge in [-0.3, -0.25) is 0 Å². The van der Waals surface area contributed by atoms with E-state index in [1.807, 2.05) is 0 Å². The maximum absolute atomic E-state index is 9.46. The van der Waals surface area contributed by atoms with E-state index < -0.39 is 0 Å². The van der Waals surface area contributed by atoms with Crippen LogP contribution in [0.2, 0.25) is 0 Å². The number of aliphatic hydroxyl groups excluding tert-OH is 1. The molecule has 1 aliphatic rings. The van der Waals surface area contributed by atoms with Crippen LogP contribution in [-0.2, 0) is 0 Å². The smallest absolute Gasteiger partial charge is 0.249 e. The highest BCUT2D eigenvalue weighted by molar-refractivity contribution is 4.86. The average molecular weight is 153 g/mol. The van der Waals surface area contributed by atoms with Gasteiger partial charge in [0.1, 0.15) is 6.10 Å². The van der Waals surface area contributed by atoms with Gasteiger partial charge < -0.3 is 9.95 Å². The Kier molecular flexibility index (Phi) is 3.38. The second-order valence-electron chi connectivity index (χ2n) is 3.26. The molecule has 0 aromatic carbocycles. The molecule has 62 valence electrons. The third-order valence-corrected chi connectivity index (χ3v) is 2.36. The Morgan fingerprint density at radius 2 is 1.73 bits per heavy atom. The summed E-state index contributed by atoms with van der Waals surface area (Å²) >= 11 is 0. The molecular formula is C9H15NO. The highest BCUT2D eigenvalue weighted by atomic mass is 16.3. The maximum atomic E-state index is 9.46. The van der Waals surface area contributed by atoms with Crippen LogP contribution in [0.5, 0.6) is 0 Å². The molecule has 1 fully saturated rings. The molecule has 2 nitrogen and oxygen atoms in total. The van der Waals surface area contributed by atoms with Crippen molar-refractivity contribution in [1.82, 2.24) is 0 Å². The largest absolute Gasteiger partial charge is 0.385 e. The van der Waals surface area contributed by atoms with Crippen molar-refractivity contribution in [3.63, 3.8) is 0 Å². The van der Waals surface area contributed by atoms with E-state index in [0.717, 1.165) is 25.7 Å². The van der Waals surface area contributed by atoms with E-state index in [9.17, 15) is 5.11 Å². The van der Waals surface area contributed by atoms with Crippen molar-refractivity contribution in [3.8, 4) is 0 Å². The molecule has 11 heavy (non-hydrogen) atoms. The minimum atomic E-state index is -0.354. The molecule has 0 radical (unpaired) electrons. The maximum Gasteiger partial charge on any atom is 0.249 e. The van der Waals surface area contributed by atoms with Gasteiger partial charge in [0, 0.05) is 6.42 Å². The van der Waals surface area contributed by atoms with E-state index in [0.29, 0.717) is 0 Å². The standard InChI is InChI=1S/C9H15NO/c1-10-8-6-4-2-3-5-7-9(8)11/h8-9,11H,2-7H2/t8-,9-/m1/s1. The first kappa shape index (κ1) is 8.55. The van der Waals surface area contributed by atoms with Crippen LogP contribution in [-0.4, -0.2) is 17.3 Å². The zero-order valence-corrected chi connectivity index (χ0v) is 6.79. The van der Waals surface area contributed by atoms with Gasteiger partial charge >= 0.3 is 0 Å². The fraction of sp³-hybridized carbons (Fsp3) is 0.889. The molecule has 2 heteroatoms. The lowest BCUT2D eigenvalue weighted by molar-refractivity contribution is 0.134. The van der Waals surface area contributed by atoms with Crippen LogP contribution in [0.15, 0.2) is 0 Å². The van der Waals surface area contributed by atoms with Crippen molar-refractivity contribution in [2.75, 3.05) is 0 Å². The Bertz CT molecular complexity index is 150. The van der Waals surface area contributed by atoms with E-state index in [2.05, 4.69) is 4.85 Å². The zero-order valence-electron chi connectivity index (χ0n) is 6.79. The van der Waals surface area contributed by atoms with Gasteiger partial charge in [-0.2, -0.15) is 0 Å². The molecule has 0 spiro atoms. The van der Waals surface area contributed by atoms with Crippen molar-refractivity contribution in [1.29, 1.82) is 0 Å². The van der Waals surface area contributed by atoms with E-state index in [4.69, 9.17) is 6.57 Å². The summed E-state index contributed by atoms with van der Waals surface area (Å²) < 4.78 is 0. The van der Waals surface area contributed by atoms with Crippen LogP contribution >= 0.6 is 0 Å². The Balaban J connectivity index is 2.41. The molecule has 0 bridgehead atoms. The number of nitrogens with zero attached hydrogens (tertiary/aromatic N) is 1. The first-order valence-corrected chi connectivity index (χ1v) is 4.39. The van der Waals surface area contributed by atoms with Gasteiger partial charge in [0.25, 0.3) is 0 Å². The zero-order chi connectivity index (χ0) is 8.10. The summed E-state index contributed by atoms with van der Waals surface area (Å²) in [4.78, 5) is 3.43. The molecule has 0 unspecified atom stereocenters. The molecule has 2 atom stereocenters. The van der Waals surface area contributed by atoms with Crippen LogP contribution in [0.4, 0.5) is 0 Å². The number of aliphatic hydroxyl groups is 1. The minimum Gasteiger partial charge on any atom is -0.385 e. The first-order chi connectivity index (χ1) is 5.34. The predicted molar refractivity (Wildman–Crippen MR) is 44.1 cm³/mol. The second kappa shape index (κ2) is 4.35. The van der Waals surface area contributed by atoms with E-state index in [1.54, 1.807) is 0 Å². The summed E-state index contributed by atoms with van der Waals surface area (Å²) in [6.45, 7) is 6.86. The Labute approximate surface area is 68.0 Å². The van der Waals surface area contributed by atoms with Gasteiger partial charge in [-0.25, -0.2) is 6.57 Å². The molecule has 1 saturated carbocycles. The van der Waals surface area contributed by atoms with Crippen molar-refractivity contribution >= 4 is 0 Å². The second-order valence-corrected chi connectivity index (χ2v) is 3.26. The normalized spacial score (nSPS) is 33.5. The quantitative estimate of drug-likeness (QED) is 0.529. The summed E-state index contributed by atoms with van der Waals surface area (Å²) in [5.74, 6) is 0. The van der Waals surface area contributed by atoms with Crippen LogP contribution in [0.3, 0.4) is 0 Å². The monoisotopic (exact) mass is 153 g/mol. The van der Waals surface area contributed by atoms with Gasteiger partial charge in [-0.05, 0) is 12.8 Å². The summed E-state index contributed by atoms with van der Waals surface area (Å²) in [5, 5.41) is 9.46. The summed E-state index contributed by atoms with van der Waals surface area (Å²) in [5.41, 5.74) is 0. The number of rotatable bonds is 0. The Morgan fingerprint density at radius 1 is 1.09 bits per heavy atom. The van der Waals surface area contributed by atoms with E-state index >= 15 is 0 Å². The number of hydrogen-bond donors (Lipinski definition) is 1. The average Bonchev–Trinajstić information content (AvgIpc) is 1.98. The van der Waals surface area contributed by atoms with Gasteiger partial charge in [0.05, 0.1) is 0 Å². The van der Waals surface area contributed by atoms with E-state index in [-0.39, 0.29) is 12.1 Å². The SMILES string of the molecule is [C-]#[N+][C@@H]1CCCCCC[C@H]1O. The fourth-order valence-corrected chi connectivity index (χ4v) is 1.60. The van der Waals surface area contributed by atoms with Gasteiger partial charge in [-0.15, -0.1) is 0 Å². The molecule has 0 amide bonds. The molecule has 0 saturated heterocycles. The third kappa shape index (κ3) is 2.51. The van der Waals surface area contributed by atoms with Gasteiger partial charge in [-0.1, -0.05) is 19.3 Å². The van der Waals surface area contributed by atoms with Crippen molar-refractivity contribution in [3.05, 3.63) is 11.4 Å². The van der Waals surface area contributed by atoms with Crippen LogP contribution < -0.4 is 0 Å². The third-order valence-electron chi connectivity index (χ3n) is 2.36. The molecule has 0 heterocycles. The Morgan fingerprint density at radius 3 is 2.36 bits per heavy atom. The lowest BCUT2D eigenvalue weighted by atomic mass is 9.95. The molecule has 1 N–H and O–H groups in total. The molecule has 0 aliphatic heterocycles. The molecule has 0 aromatic rings. The van der Waals surface area contributed by atoms with Gasteiger partial charge in [0.2, 0.25) is 6.04 Å². The Hall–Kier alpha value is -0.550. The predicted octanol–water partition coefficient (Wildman–Crippen LogP) is 1.99. The summed E-state index contributed by atoms with van der Waals surface area (Å²) in [7, 11) is 0. The first-order valence-electron chi connectivity index (χ1n) is 4.39. The summed E-state index contributed by atoms with van der Waals surface area (Å²) in [6, 6.07) is -0.115. The highest BCUT2D eigenvalue weighted by Gasteiger charge is 2.24. The molecule has 1 rings (SSSR count). The summed E-state index contributed by atoms with van der Waals surface area (Å²) in [6.07, 6.45) is 6.03. The van der Waals surface area contributed by atoms with Crippen molar-refractivity contribution in [2.45, 2.75) is 50.7 Å². The highest BCUT2D eigenvalue weighted by Crippen LogP contribution is 2.19. The van der Waals surface area contributed by atoms with Gasteiger partial charge in [0.15, 0.2) is 0 Å². The topological polar surface area (TPSA) is 24.6 Å². The van der Waals surface area contributed by atoms with Crippen LogP contribution in [0.1, 0.15) is 38.5 Å². The van der Waals surface area contributed by atoms with Crippen molar-refractivity contribution < 1.29 is 5.11 Å². The number of hydrogen-bond acceptors (Lipinski definition) is 1. The minimum absolute atomic E-state index is 0.115.